The van der Waals surface area contributed by atoms with E-state index in [1.165, 1.54) is 0 Å². The van der Waals surface area contributed by atoms with Crippen molar-refractivity contribution in [3.63, 3.8) is 0 Å². The predicted octanol–water partition coefficient (Wildman–Crippen LogP) is 0.923. The first-order valence-electron chi connectivity index (χ1n) is 7.28. The van der Waals surface area contributed by atoms with E-state index in [1.807, 2.05) is 6.07 Å². The largest absolute Gasteiger partial charge is 0.491 e. The van der Waals surface area contributed by atoms with Gasteiger partial charge in [-0.25, -0.2) is 4.98 Å². The lowest BCUT2D eigenvalue weighted by Gasteiger charge is -2.29. The lowest BCUT2D eigenvalue weighted by molar-refractivity contribution is -0.115. The van der Waals surface area contributed by atoms with Crippen molar-refractivity contribution in [2.24, 2.45) is 0 Å². The number of aromatic nitrogens is 3. The lowest BCUT2D eigenvalue weighted by atomic mass is 10.3. The minimum atomic E-state index is -0.0803. The molecular weight excluding hydrogens is 286 g/mol. The number of nitrogens with one attached hydrogen (secondary N) is 1. The molecule has 1 aliphatic heterocycles. The van der Waals surface area contributed by atoms with Crippen LogP contribution < -0.4 is 15.0 Å². The SMILES string of the molecule is CCC(=O)Nc1cc(N2CCOCC2)n2ncc(OC)c2n1. The molecule has 0 aliphatic carbocycles. The summed E-state index contributed by atoms with van der Waals surface area (Å²) in [4.78, 5) is 18.3. The van der Waals surface area contributed by atoms with Crippen molar-refractivity contribution in [3.05, 3.63) is 12.3 Å². The molecule has 22 heavy (non-hydrogen) atoms. The molecule has 0 aromatic carbocycles. The zero-order chi connectivity index (χ0) is 15.5. The molecular formula is C14H19N5O3. The minimum Gasteiger partial charge on any atom is -0.491 e. The molecule has 0 unspecified atom stereocenters. The Labute approximate surface area is 128 Å². The van der Waals surface area contributed by atoms with Gasteiger partial charge >= 0.3 is 0 Å². The number of carbonyl (C=O) groups is 1. The van der Waals surface area contributed by atoms with Gasteiger partial charge < -0.3 is 19.7 Å². The Kier molecular flexibility index (Phi) is 4.10. The zero-order valence-electron chi connectivity index (χ0n) is 12.7. The molecule has 118 valence electrons. The molecule has 1 N–H and O–H groups in total. The first-order chi connectivity index (χ1) is 10.7. The highest BCUT2D eigenvalue weighted by Crippen LogP contribution is 2.26. The molecule has 1 amide bonds. The first kappa shape index (κ1) is 14.6. The summed E-state index contributed by atoms with van der Waals surface area (Å²) in [6.45, 7) is 4.67. The Morgan fingerprint density at radius 3 is 2.91 bits per heavy atom. The molecule has 8 heteroatoms. The number of morpholine rings is 1. The smallest absolute Gasteiger partial charge is 0.225 e. The van der Waals surface area contributed by atoms with Crippen molar-refractivity contribution >= 4 is 23.2 Å². The second-order valence-electron chi connectivity index (χ2n) is 4.95. The number of carbonyl (C=O) groups excluding carboxylic acids is 1. The fourth-order valence-electron chi connectivity index (χ4n) is 2.38. The summed E-state index contributed by atoms with van der Waals surface area (Å²) in [6.07, 6.45) is 2.02. The Morgan fingerprint density at radius 2 is 2.23 bits per heavy atom. The third kappa shape index (κ3) is 2.69. The standard InChI is InChI=1S/C14H19N5O3/c1-3-12(20)16-11-8-13(18-4-6-22-7-5-18)19-14(17-11)10(21-2)9-15-19/h8-9H,3-7H2,1-2H3,(H,16,17,20). The normalized spacial score (nSPS) is 15.1. The summed E-state index contributed by atoms with van der Waals surface area (Å²) in [6, 6.07) is 1.83. The van der Waals surface area contributed by atoms with Crippen LogP contribution in [0.2, 0.25) is 0 Å². The van der Waals surface area contributed by atoms with Gasteiger partial charge in [-0.05, 0) is 0 Å². The highest BCUT2D eigenvalue weighted by molar-refractivity contribution is 5.90. The van der Waals surface area contributed by atoms with Gasteiger partial charge in [0.2, 0.25) is 11.6 Å². The average molecular weight is 305 g/mol. The molecule has 8 nitrogen and oxygen atoms in total. The minimum absolute atomic E-state index is 0.0803. The second-order valence-corrected chi connectivity index (χ2v) is 4.95. The van der Waals surface area contributed by atoms with E-state index in [1.54, 1.807) is 24.7 Å². The van der Waals surface area contributed by atoms with E-state index in [0.29, 0.717) is 36.8 Å². The highest BCUT2D eigenvalue weighted by atomic mass is 16.5. The van der Waals surface area contributed by atoms with Gasteiger partial charge in [0.15, 0.2) is 5.75 Å². The van der Waals surface area contributed by atoms with E-state index in [-0.39, 0.29) is 5.91 Å². The van der Waals surface area contributed by atoms with Gasteiger partial charge in [0.05, 0.1) is 26.5 Å². The number of anilines is 2. The third-order valence-electron chi connectivity index (χ3n) is 3.56. The lowest BCUT2D eigenvalue weighted by Crippen LogP contribution is -2.37. The molecule has 2 aromatic rings. The number of methoxy groups -OCH3 is 1. The van der Waals surface area contributed by atoms with Crippen molar-refractivity contribution in [2.75, 3.05) is 43.6 Å². The number of hydrogen-bond acceptors (Lipinski definition) is 6. The Bertz CT molecular complexity index is 678. The molecule has 3 heterocycles. The van der Waals surface area contributed by atoms with Crippen LogP contribution in [0.3, 0.4) is 0 Å². The zero-order valence-corrected chi connectivity index (χ0v) is 12.7. The molecule has 0 saturated carbocycles. The number of ether oxygens (including phenoxy) is 2. The Hall–Kier alpha value is -2.35. The summed E-state index contributed by atoms with van der Waals surface area (Å²) >= 11 is 0. The molecule has 0 bridgehead atoms. The number of nitrogens with zero attached hydrogens (tertiary/aromatic N) is 4. The summed E-state index contributed by atoms with van der Waals surface area (Å²) < 4.78 is 12.4. The number of hydrogen-bond donors (Lipinski definition) is 1. The van der Waals surface area contributed by atoms with Crippen LogP contribution >= 0.6 is 0 Å². The van der Waals surface area contributed by atoms with Crippen molar-refractivity contribution in [1.29, 1.82) is 0 Å². The van der Waals surface area contributed by atoms with Crippen LogP contribution in [0, 0.1) is 0 Å². The summed E-state index contributed by atoms with van der Waals surface area (Å²) in [5.41, 5.74) is 0.581. The predicted molar refractivity (Wildman–Crippen MR) is 81.5 cm³/mol. The van der Waals surface area contributed by atoms with Crippen molar-refractivity contribution in [3.8, 4) is 5.75 Å². The number of amides is 1. The second kappa shape index (κ2) is 6.18. The quantitative estimate of drug-likeness (QED) is 0.905. The van der Waals surface area contributed by atoms with Gasteiger partial charge in [-0.3, -0.25) is 4.79 Å². The van der Waals surface area contributed by atoms with E-state index >= 15 is 0 Å². The van der Waals surface area contributed by atoms with E-state index in [4.69, 9.17) is 9.47 Å². The summed E-state index contributed by atoms with van der Waals surface area (Å²) in [7, 11) is 1.57. The Morgan fingerprint density at radius 1 is 1.45 bits per heavy atom. The van der Waals surface area contributed by atoms with Crippen LogP contribution in [-0.2, 0) is 9.53 Å². The van der Waals surface area contributed by atoms with Gasteiger partial charge in [-0.1, -0.05) is 6.92 Å². The van der Waals surface area contributed by atoms with Gasteiger partial charge in [0, 0.05) is 25.6 Å². The maximum atomic E-state index is 11.7. The van der Waals surface area contributed by atoms with Gasteiger partial charge in [-0.2, -0.15) is 9.61 Å². The van der Waals surface area contributed by atoms with Crippen LogP contribution in [-0.4, -0.2) is 53.9 Å². The van der Waals surface area contributed by atoms with Crippen LogP contribution in [0.25, 0.3) is 5.65 Å². The van der Waals surface area contributed by atoms with Gasteiger partial charge in [0.1, 0.15) is 11.6 Å². The van der Waals surface area contributed by atoms with Crippen molar-refractivity contribution < 1.29 is 14.3 Å². The molecule has 1 saturated heterocycles. The molecule has 3 rings (SSSR count). The van der Waals surface area contributed by atoms with Crippen LogP contribution in [0.15, 0.2) is 12.3 Å². The fraction of sp³-hybridized carbons (Fsp3) is 0.500. The van der Waals surface area contributed by atoms with Gasteiger partial charge in [0.25, 0.3) is 0 Å². The first-order valence-corrected chi connectivity index (χ1v) is 7.28. The van der Waals surface area contributed by atoms with E-state index in [9.17, 15) is 4.79 Å². The molecule has 0 atom stereocenters. The highest BCUT2D eigenvalue weighted by Gasteiger charge is 2.19. The molecule has 1 fully saturated rings. The average Bonchev–Trinajstić information content (AvgIpc) is 2.97. The van der Waals surface area contributed by atoms with E-state index < -0.39 is 0 Å². The molecule has 2 aromatic heterocycles. The van der Waals surface area contributed by atoms with Crippen LogP contribution in [0.5, 0.6) is 5.75 Å². The maximum Gasteiger partial charge on any atom is 0.225 e. The van der Waals surface area contributed by atoms with Crippen LogP contribution in [0.4, 0.5) is 11.6 Å². The number of rotatable bonds is 4. The molecule has 0 radical (unpaired) electrons. The topological polar surface area (TPSA) is 81.0 Å². The van der Waals surface area contributed by atoms with E-state index in [2.05, 4.69) is 20.3 Å². The van der Waals surface area contributed by atoms with Gasteiger partial charge in [-0.15, -0.1) is 0 Å². The monoisotopic (exact) mass is 305 g/mol. The Balaban J connectivity index is 2.06. The van der Waals surface area contributed by atoms with E-state index in [0.717, 1.165) is 18.9 Å². The summed E-state index contributed by atoms with van der Waals surface area (Å²) in [5.74, 6) is 1.85. The molecule has 1 aliphatic rings. The van der Waals surface area contributed by atoms with Crippen molar-refractivity contribution in [1.82, 2.24) is 14.6 Å². The summed E-state index contributed by atoms with van der Waals surface area (Å²) in [5, 5.41) is 7.14. The fourth-order valence-corrected chi connectivity index (χ4v) is 2.38. The van der Waals surface area contributed by atoms with Crippen LogP contribution in [0.1, 0.15) is 13.3 Å². The third-order valence-corrected chi connectivity index (χ3v) is 3.56. The van der Waals surface area contributed by atoms with Crippen molar-refractivity contribution in [2.45, 2.75) is 13.3 Å². The maximum absolute atomic E-state index is 11.7. The molecule has 0 spiro atoms. The number of fused-ring (bicyclic) bond motifs is 1.